The van der Waals surface area contributed by atoms with Crippen molar-refractivity contribution in [2.24, 2.45) is 7.05 Å². The number of nitrogens with zero attached hydrogens (tertiary/aromatic N) is 8. The summed E-state index contributed by atoms with van der Waals surface area (Å²) in [6.45, 7) is 10.3. The van der Waals surface area contributed by atoms with Crippen LogP contribution in [-0.4, -0.2) is 103 Å². The topological polar surface area (TPSA) is 108 Å². The number of aliphatic hydroxyl groups is 1. The number of likely N-dealkylation sites (N-methyl/N-ethyl adjacent to an activating group) is 1. The van der Waals surface area contributed by atoms with Crippen molar-refractivity contribution in [2.75, 3.05) is 56.5 Å². The highest BCUT2D eigenvalue weighted by Gasteiger charge is 2.33. The zero-order chi connectivity index (χ0) is 32.9. The zero-order valence-corrected chi connectivity index (χ0v) is 27.9. The minimum Gasteiger partial charge on any atom is -0.390 e. The zero-order valence-electron chi connectivity index (χ0n) is 27.9. The van der Waals surface area contributed by atoms with Gasteiger partial charge in [-0.05, 0) is 83.7 Å². The molecule has 0 atom stereocenters. The Morgan fingerprint density at radius 1 is 1.00 bits per heavy atom. The van der Waals surface area contributed by atoms with Gasteiger partial charge in [-0.2, -0.15) is 5.10 Å². The first-order chi connectivity index (χ1) is 22.6. The van der Waals surface area contributed by atoms with Crippen LogP contribution in [-0.2, 0) is 7.05 Å². The Kier molecular flexibility index (Phi) is 8.52. The molecule has 1 aliphatic carbocycles. The number of halogens is 1. The summed E-state index contributed by atoms with van der Waals surface area (Å²) in [4.78, 5) is 30.3. The summed E-state index contributed by atoms with van der Waals surface area (Å²) in [6.07, 6.45) is 8.08. The predicted molar refractivity (Wildman–Crippen MR) is 181 cm³/mol. The number of rotatable bonds is 6. The van der Waals surface area contributed by atoms with Crippen LogP contribution in [0.2, 0.25) is 0 Å². The summed E-state index contributed by atoms with van der Waals surface area (Å²) in [5.74, 6) is -0.893. The van der Waals surface area contributed by atoms with Crippen molar-refractivity contribution < 1.29 is 14.3 Å². The molecule has 1 saturated carbocycles. The smallest absolute Gasteiger partial charge is 0.261 e. The van der Waals surface area contributed by atoms with Gasteiger partial charge in [-0.3, -0.25) is 24.7 Å². The average molecular weight is 644 g/mol. The second-order valence-electron chi connectivity index (χ2n) is 14.0. The monoisotopic (exact) mass is 643 g/mol. The van der Waals surface area contributed by atoms with Gasteiger partial charge in [0.15, 0.2) is 5.82 Å². The van der Waals surface area contributed by atoms with Crippen molar-refractivity contribution in [3.63, 3.8) is 0 Å². The van der Waals surface area contributed by atoms with Gasteiger partial charge in [-0.15, -0.1) is 0 Å². The summed E-state index contributed by atoms with van der Waals surface area (Å²) in [6, 6.07) is 8.40. The molecule has 0 unspecified atom stereocenters. The fourth-order valence-corrected chi connectivity index (χ4v) is 7.60. The van der Waals surface area contributed by atoms with Crippen LogP contribution in [0.25, 0.3) is 22.3 Å². The van der Waals surface area contributed by atoms with E-state index >= 15 is 4.39 Å². The molecule has 3 aromatic heterocycles. The highest BCUT2D eigenvalue weighted by Crippen LogP contribution is 2.39. The lowest BCUT2D eigenvalue weighted by molar-refractivity contribution is 0.0106. The first kappa shape index (κ1) is 31.7. The van der Waals surface area contributed by atoms with E-state index in [0.717, 1.165) is 87.4 Å². The molecule has 11 nitrogen and oxygen atoms in total. The van der Waals surface area contributed by atoms with E-state index in [1.165, 1.54) is 12.3 Å². The maximum Gasteiger partial charge on any atom is 0.261 e. The molecule has 2 saturated heterocycles. The van der Waals surface area contributed by atoms with E-state index in [0.29, 0.717) is 30.4 Å². The summed E-state index contributed by atoms with van der Waals surface area (Å²) < 4.78 is 19.6. The van der Waals surface area contributed by atoms with E-state index in [1.54, 1.807) is 17.9 Å². The molecule has 7 rings (SSSR count). The van der Waals surface area contributed by atoms with Gasteiger partial charge in [0.2, 0.25) is 5.95 Å². The molecular formula is C35H46FN9O2. The second kappa shape index (κ2) is 12.6. The van der Waals surface area contributed by atoms with Gasteiger partial charge in [0.1, 0.15) is 5.69 Å². The predicted octanol–water partition coefficient (Wildman–Crippen LogP) is 4.61. The number of piperazine rings is 1. The number of aromatic nitrogens is 5. The number of pyridine rings is 1. The van der Waals surface area contributed by atoms with Gasteiger partial charge < -0.3 is 19.5 Å². The summed E-state index contributed by atoms with van der Waals surface area (Å²) in [7, 11) is 3.98. The van der Waals surface area contributed by atoms with Gasteiger partial charge in [0.25, 0.3) is 5.91 Å². The number of carbonyl (C=O) groups is 1. The molecule has 1 aromatic carbocycles. The van der Waals surface area contributed by atoms with Crippen LogP contribution in [0.1, 0.15) is 67.5 Å². The molecule has 3 aliphatic rings. The van der Waals surface area contributed by atoms with Crippen LogP contribution in [0.3, 0.4) is 0 Å². The number of nitrogens with one attached hydrogen (secondary N) is 1. The van der Waals surface area contributed by atoms with Crippen molar-refractivity contribution in [2.45, 2.75) is 70.1 Å². The highest BCUT2D eigenvalue weighted by atomic mass is 19.1. The van der Waals surface area contributed by atoms with Crippen LogP contribution >= 0.6 is 0 Å². The number of carbonyl (C=O) groups excluding carboxylic acids is 1. The molecule has 2 aliphatic heterocycles. The Morgan fingerprint density at radius 3 is 2.40 bits per heavy atom. The number of hydrogen-bond acceptors (Lipinski definition) is 8. The number of imidazole rings is 1. The Bertz CT molecular complexity index is 1760. The average Bonchev–Trinajstić information content (AvgIpc) is 3.59. The third kappa shape index (κ3) is 6.26. The number of anilines is 2. The van der Waals surface area contributed by atoms with Crippen molar-refractivity contribution in [1.29, 1.82) is 0 Å². The summed E-state index contributed by atoms with van der Waals surface area (Å²) in [5, 5.41) is 17.9. The van der Waals surface area contributed by atoms with E-state index < -0.39 is 17.3 Å². The molecule has 3 fully saturated rings. The van der Waals surface area contributed by atoms with Gasteiger partial charge in [0.05, 0.1) is 28.4 Å². The van der Waals surface area contributed by atoms with E-state index in [2.05, 4.69) is 53.8 Å². The fraction of sp³-hybridized carbons (Fsp3) is 0.543. The molecule has 0 radical (unpaired) electrons. The van der Waals surface area contributed by atoms with Crippen LogP contribution in [0.15, 0.2) is 36.7 Å². The van der Waals surface area contributed by atoms with Crippen molar-refractivity contribution in [3.8, 4) is 11.3 Å². The van der Waals surface area contributed by atoms with Crippen LogP contribution in [0.5, 0.6) is 0 Å². The van der Waals surface area contributed by atoms with E-state index in [-0.39, 0.29) is 17.3 Å². The largest absolute Gasteiger partial charge is 0.390 e. The second-order valence-corrected chi connectivity index (χ2v) is 14.0. The first-order valence-corrected chi connectivity index (χ1v) is 16.9. The van der Waals surface area contributed by atoms with E-state index in [1.807, 2.05) is 19.9 Å². The van der Waals surface area contributed by atoms with Crippen LogP contribution in [0, 0.1) is 12.7 Å². The minimum absolute atomic E-state index is 0.0321. The van der Waals surface area contributed by atoms with E-state index in [9.17, 15) is 9.90 Å². The lowest BCUT2D eigenvalue weighted by atomic mass is 9.83. The standard InChI is InChI=1S/C35H46FN9O2/c1-23-28(22-38-42(23)4)32-31(36)27(9-14-37-32)33(46)40-34-39-29-6-5-26(21-30(29)45(34)25-7-12-35(2,47)13-8-25)43-15-10-24(11-16-43)44-19-17-41(3)18-20-44/h5-6,9,14,21-22,24-25,47H,7-8,10-13,15-20H2,1-4H3,(H,39,40,46). The Morgan fingerprint density at radius 2 is 1.72 bits per heavy atom. The number of piperidine rings is 1. The van der Waals surface area contributed by atoms with Gasteiger partial charge in [0, 0.05) is 81.5 Å². The Balaban J connectivity index is 1.17. The normalized spacial score (nSPS) is 23.4. The molecule has 250 valence electrons. The van der Waals surface area contributed by atoms with Crippen molar-refractivity contribution in [1.82, 2.24) is 34.1 Å². The Hall–Kier alpha value is -3.87. The molecule has 1 amide bonds. The number of amides is 1. The summed E-state index contributed by atoms with van der Waals surface area (Å²) in [5.41, 5.74) is 3.43. The molecule has 2 N–H and O–H groups in total. The minimum atomic E-state index is -0.712. The quantitative estimate of drug-likeness (QED) is 0.314. The molecular weight excluding hydrogens is 597 g/mol. The van der Waals surface area contributed by atoms with Gasteiger partial charge in [-0.25, -0.2) is 9.37 Å². The molecule has 47 heavy (non-hydrogen) atoms. The number of benzene rings is 1. The first-order valence-electron chi connectivity index (χ1n) is 16.9. The SMILES string of the molecule is Cc1c(-c2nccc(C(=O)Nc3nc4ccc(N5CCC(N6CCN(C)CC6)CC5)cc4n3C3CCC(C)(O)CC3)c2F)cnn1C. The lowest BCUT2D eigenvalue weighted by Gasteiger charge is -2.42. The molecule has 4 aromatic rings. The third-order valence-electron chi connectivity index (χ3n) is 10.8. The van der Waals surface area contributed by atoms with Crippen molar-refractivity contribution >= 4 is 28.6 Å². The third-order valence-corrected chi connectivity index (χ3v) is 10.8. The van der Waals surface area contributed by atoms with Gasteiger partial charge in [-0.1, -0.05) is 0 Å². The van der Waals surface area contributed by atoms with Crippen LogP contribution in [0.4, 0.5) is 16.0 Å². The molecule has 12 heteroatoms. The van der Waals surface area contributed by atoms with Crippen LogP contribution < -0.4 is 10.2 Å². The maximum atomic E-state index is 15.8. The summed E-state index contributed by atoms with van der Waals surface area (Å²) >= 11 is 0. The lowest BCUT2D eigenvalue weighted by Crippen LogP contribution is -2.52. The van der Waals surface area contributed by atoms with E-state index in [4.69, 9.17) is 4.98 Å². The van der Waals surface area contributed by atoms with Crippen molar-refractivity contribution in [3.05, 3.63) is 53.7 Å². The highest BCUT2D eigenvalue weighted by molar-refractivity contribution is 6.05. The molecule has 0 bridgehead atoms. The molecule has 5 heterocycles. The fourth-order valence-electron chi connectivity index (χ4n) is 7.60. The molecule has 0 spiro atoms. The van der Waals surface area contributed by atoms with Gasteiger partial charge >= 0.3 is 0 Å². The maximum absolute atomic E-state index is 15.8. The number of aryl methyl sites for hydroxylation is 1. The number of fused-ring (bicyclic) bond motifs is 1. The Labute approximate surface area is 275 Å². The number of hydrogen-bond donors (Lipinski definition) is 2.